The van der Waals surface area contributed by atoms with Crippen molar-refractivity contribution in [1.82, 2.24) is 14.5 Å². The van der Waals surface area contributed by atoms with Gasteiger partial charge in [-0.25, -0.2) is 18.7 Å². The van der Waals surface area contributed by atoms with Gasteiger partial charge in [0.1, 0.15) is 11.6 Å². The number of nitrogens with zero attached hydrogens (tertiary/aromatic N) is 3. The number of nitrogens with one attached hydrogen (secondary N) is 1. The van der Waals surface area contributed by atoms with Gasteiger partial charge in [-0.1, -0.05) is 18.2 Å². The molecule has 0 radical (unpaired) electrons. The lowest BCUT2D eigenvalue weighted by atomic mass is 10.1. The highest BCUT2D eigenvalue weighted by atomic mass is 19.3. The number of hydrogen-bond acceptors (Lipinski definition) is 4. The highest BCUT2D eigenvalue weighted by Crippen LogP contribution is 2.42. The number of aromatic nitrogens is 3. The molecule has 1 aliphatic rings. The zero-order valence-electron chi connectivity index (χ0n) is 16.1. The van der Waals surface area contributed by atoms with E-state index >= 15 is 0 Å². The number of rotatable bonds is 5. The number of pyridine rings is 1. The molecular weight excluding hydrogens is 362 g/mol. The van der Waals surface area contributed by atoms with Crippen LogP contribution in [0.3, 0.4) is 0 Å². The maximum Gasteiger partial charge on any atom is 0.270 e. The molecule has 0 saturated heterocycles. The van der Waals surface area contributed by atoms with E-state index in [9.17, 15) is 13.6 Å². The van der Waals surface area contributed by atoms with E-state index < -0.39 is 5.92 Å². The van der Waals surface area contributed by atoms with Crippen molar-refractivity contribution in [1.29, 1.82) is 0 Å². The number of benzene rings is 1. The zero-order valence-corrected chi connectivity index (χ0v) is 16.1. The minimum absolute atomic E-state index is 0.0222. The first kappa shape index (κ1) is 18.5. The molecule has 0 bridgehead atoms. The van der Waals surface area contributed by atoms with E-state index in [1.807, 2.05) is 6.20 Å². The number of aryl methyl sites for hydroxylation is 1. The third kappa shape index (κ3) is 3.48. The van der Waals surface area contributed by atoms with Crippen LogP contribution in [0.25, 0.3) is 10.9 Å². The van der Waals surface area contributed by atoms with Crippen molar-refractivity contribution < 1.29 is 8.78 Å². The van der Waals surface area contributed by atoms with Crippen molar-refractivity contribution in [3.8, 4) is 0 Å². The quantitative estimate of drug-likeness (QED) is 0.711. The highest BCUT2D eigenvalue weighted by Gasteiger charge is 2.40. The fourth-order valence-electron chi connectivity index (χ4n) is 3.34. The highest BCUT2D eigenvalue weighted by molar-refractivity contribution is 5.88. The average Bonchev–Trinajstić information content (AvgIpc) is 3.37. The summed E-state index contributed by atoms with van der Waals surface area (Å²) < 4.78 is 28.9. The SMILES string of the molecule is Cc1nc(NCc2cccc(C(C)(F)F)c2)c2cn(C3(C)CC3)c(=O)cc2n1. The molecule has 2 heterocycles. The van der Waals surface area contributed by atoms with Gasteiger partial charge in [0.2, 0.25) is 0 Å². The molecule has 1 fully saturated rings. The Morgan fingerprint density at radius 1 is 1.25 bits per heavy atom. The van der Waals surface area contributed by atoms with Crippen LogP contribution in [0, 0.1) is 6.92 Å². The summed E-state index contributed by atoms with van der Waals surface area (Å²) in [4.78, 5) is 21.3. The van der Waals surface area contributed by atoms with Gasteiger partial charge in [-0.15, -0.1) is 0 Å². The van der Waals surface area contributed by atoms with E-state index in [1.165, 1.54) is 18.2 Å². The molecule has 3 aromatic rings. The van der Waals surface area contributed by atoms with Gasteiger partial charge in [-0.3, -0.25) is 4.79 Å². The number of hydrogen-bond donors (Lipinski definition) is 1. The first-order valence-corrected chi connectivity index (χ1v) is 9.28. The normalized spacial score (nSPS) is 15.6. The van der Waals surface area contributed by atoms with Crippen LogP contribution < -0.4 is 10.9 Å². The van der Waals surface area contributed by atoms with Crippen molar-refractivity contribution in [2.75, 3.05) is 5.32 Å². The van der Waals surface area contributed by atoms with Crippen molar-refractivity contribution in [3.05, 3.63) is 63.8 Å². The van der Waals surface area contributed by atoms with E-state index in [1.54, 1.807) is 23.6 Å². The third-order valence-electron chi connectivity index (χ3n) is 5.29. The fourth-order valence-corrected chi connectivity index (χ4v) is 3.34. The first-order chi connectivity index (χ1) is 13.2. The van der Waals surface area contributed by atoms with Gasteiger partial charge in [0.15, 0.2) is 0 Å². The standard InChI is InChI=1S/C21H22F2N4O/c1-13-25-17-10-18(28)27(20(2)7-8-20)12-16(17)19(26-13)24-11-14-5-4-6-15(9-14)21(3,22)23/h4-6,9-10,12H,7-8,11H2,1-3H3,(H,24,25,26). The maximum absolute atomic E-state index is 13.6. The lowest BCUT2D eigenvalue weighted by Gasteiger charge is -2.16. The Balaban J connectivity index is 1.70. The van der Waals surface area contributed by atoms with Crippen LogP contribution in [-0.2, 0) is 18.0 Å². The van der Waals surface area contributed by atoms with Crippen LogP contribution >= 0.6 is 0 Å². The number of fused-ring (bicyclic) bond motifs is 1. The fraction of sp³-hybridized carbons (Fsp3) is 0.381. The Morgan fingerprint density at radius 2 is 2.00 bits per heavy atom. The van der Waals surface area contributed by atoms with E-state index in [4.69, 9.17) is 0 Å². The molecule has 1 saturated carbocycles. The van der Waals surface area contributed by atoms with Crippen LogP contribution in [-0.4, -0.2) is 14.5 Å². The number of anilines is 1. The molecule has 0 amide bonds. The molecular formula is C21H22F2N4O. The minimum Gasteiger partial charge on any atom is -0.365 e. The predicted octanol–water partition coefficient (Wildman–Crippen LogP) is 4.33. The van der Waals surface area contributed by atoms with Gasteiger partial charge in [0.05, 0.1) is 10.9 Å². The van der Waals surface area contributed by atoms with Gasteiger partial charge in [-0.2, -0.15) is 0 Å². The molecule has 5 nitrogen and oxygen atoms in total. The monoisotopic (exact) mass is 384 g/mol. The van der Waals surface area contributed by atoms with Gasteiger partial charge < -0.3 is 9.88 Å². The van der Waals surface area contributed by atoms with Crippen molar-refractivity contribution in [2.45, 2.75) is 51.6 Å². The maximum atomic E-state index is 13.6. The molecule has 0 atom stereocenters. The molecule has 1 aromatic carbocycles. The molecule has 28 heavy (non-hydrogen) atoms. The Morgan fingerprint density at radius 3 is 2.68 bits per heavy atom. The van der Waals surface area contributed by atoms with E-state index in [2.05, 4.69) is 22.2 Å². The average molecular weight is 384 g/mol. The minimum atomic E-state index is -2.88. The number of halogens is 2. The Hall–Kier alpha value is -2.83. The van der Waals surface area contributed by atoms with Crippen LogP contribution in [0.15, 0.2) is 41.3 Å². The molecule has 1 aliphatic carbocycles. The largest absolute Gasteiger partial charge is 0.365 e. The Labute approximate surface area is 161 Å². The molecule has 0 spiro atoms. The summed E-state index contributed by atoms with van der Waals surface area (Å²) >= 11 is 0. The summed E-state index contributed by atoms with van der Waals surface area (Å²) in [5.74, 6) is -1.75. The molecule has 4 rings (SSSR count). The second kappa shape index (κ2) is 6.36. The second-order valence-electron chi connectivity index (χ2n) is 7.84. The Bertz CT molecular complexity index is 1110. The summed E-state index contributed by atoms with van der Waals surface area (Å²) in [6, 6.07) is 7.86. The van der Waals surface area contributed by atoms with Crippen LogP contribution in [0.4, 0.5) is 14.6 Å². The van der Waals surface area contributed by atoms with Crippen molar-refractivity contribution in [3.63, 3.8) is 0 Å². The van der Waals surface area contributed by atoms with E-state index in [-0.39, 0.29) is 16.7 Å². The van der Waals surface area contributed by atoms with Gasteiger partial charge in [0, 0.05) is 36.8 Å². The predicted molar refractivity (Wildman–Crippen MR) is 105 cm³/mol. The summed E-state index contributed by atoms with van der Waals surface area (Å²) in [6.07, 6.45) is 3.74. The van der Waals surface area contributed by atoms with Crippen LogP contribution in [0.5, 0.6) is 0 Å². The molecule has 0 aliphatic heterocycles. The summed E-state index contributed by atoms with van der Waals surface area (Å²) in [7, 11) is 0. The van der Waals surface area contributed by atoms with E-state index in [0.29, 0.717) is 23.7 Å². The topological polar surface area (TPSA) is 59.8 Å². The lowest BCUT2D eigenvalue weighted by molar-refractivity contribution is 0.0174. The molecule has 1 N–H and O–H groups in total. The molecule has 146 valence electrons. The summed E-state index contributed by atoms with van der Waals surface area (Å²) in [5.41, 5.74) is 1.06. The van der Waals surface area contributed by atoms with Crippen molar-refractivity contribution in [2.24, 2.45) is 0 Å². The second-order valence-corrected chi connectivity index (χ2v) is 7.84. The molecule has 0 unspecified atom stereocenters. The van der Waals surface area contributed by atoms with Gasteiger partial charge >= 0.3 is 0 Å². The lowest BCUT2D eigenvalue weighted by Crippen LogP contribution is -2.27. The third-order valence-corrected chi connectivity index (χ3v) is 5.29. The zero-order chi connectivity index (χ0) is 20.1. The summed E-state index contributed by atoms with van der Waals surface area (Å²) in [6.45, 7) is 5.04. The smallest absolute Gasteiger partial charge is 0.270 e. The Kier molecular flexibility index (Phi) is 4.21. The first-order valence-electron chi connectivity index (χ1n) is 9.28. The number of alkyl halides is 2. The summed E-state index contributed by atoms with van der Waals surface area (Å²) in [5, 5.41) is 3.98. The molecule has 7 heteroatoms. The van der Waals surface area contributed by atoms with Gasteiger partial charge in [-0.05, 0) is 38.3 Å². The van der Waals surface area contributed by atoms with Crippen LogP contribution in [0.1, 0.15) is 43.6 Å². The van der Waals surface area contributed by atoms with Crippen LogP contribution in [0.2, 0.25) is 0 Å². The molecule has 2 aromatic heterocycles. The van der Waals surface area contributed by atoms with Crippen molar-refractivity contribution >= 4 is 16.7 Å². The van der Waals surface area contributed by atoms with E-state index in [0.717, 1.165) is 30.7 Å². The van der Waals surface area contributed by atoms with Gasteiger partial charge in [0.25, 0.3) is 11.5 Å².